The molecule has 0 saturated carbocycles. The normalized spacial score (nSPS) is 9.75. The van der Waals surface area contributed by atoms with Gasteiger partial charge >= 0.3 is 18.9 Å². The largest absolute Gasteiger partial charge is 1.00 e. The van der Waals surface area contributed by atoms with Crippen LogP contribution < -0.4 is 18.9 Å². The summed E-state index contributed by atoms with van der Waals surface area (Å²) < 4.78 is 0. The van der Waals surface area contributed by atoms with E-state index in [2.05, 4.69) is 34.6 Å². The van der Waals surface area contributed by atoms with E-state index >= 15 is 0 Å². The molecule has 1 rings (SSSR count). The van der Waals surface area contributed by atoms with Crippen molar-refractivity contribution < 1.29 is 18.9 Å². The topological polar surface area (TPSA) is 0 Å². The van der Waals surface area contributed by atoms with Gasteiger partial charge in [0, 0.05) is 0 Å². The van der Waals surface area contributed by atoms with Gasteiger partial charge in [0.1, 0.15) is 0 Å². The second-order valence-electron chi connectivity index (χ2n) is 3.33. The van der Waals surface area contributed by atoms with Gasteiger partial charge in [-0.25, -0.2) is 0 Å². The van der Waals surface area contributed by atoms with Gasteiger partial charge in [-0.3, -0.25) is 0 Å². The molecule has 0 heterocycles. The summed E-state index contributed by atoms with van der Waals surface area (Å²) in [4.78, 5) is 0. The summed E-state index contributed by atoms with van der Waals surface area (Å²) >= 11 is 0. The van der Waals surface area contributed by atoms with Crippen LogP contribution in [0.3, 0.4) is 0 Å². The van der Waals surface area contributed by atoms with Crippen molar-refractivity contribution in [3.8, 4) is 0 Å². The van der Waals surface area contributed by atoms with E-state index in [1.165, 1.54) is 28.7 Å². The predicted octanol–water partition coefficient (Wildman–Crippen LogP) is 0.206. The number of rotatable bonds is 1. The Labute approximate surface area is 87.9 Å². The summed E-state index contributed by atoms with van der Waals surface area (Å²) in [6.07, 6.45) is 1.17. The summed E-state index contributed by atoms with van der Waals surface area (Å²) in [5.74, 6) is 0. The Morgan fingerprint density at radius 2 is 1.25 bits per heavy atom. The molecule has 0 aliphatic carbocycles. The molecule has 0 nitrogen and oxygen atoms in total. The van der Waals surface area contributed by atoms with E-state index in [1.54, 1.807) is 5.56 Å². The Morgan fingerprint density at radius 1 is 0.917 bits per heavy atom. The summed E-state index contributed by atoms with van der Waals surface area (Å²) in [6, 6.07) is 0. The van der Waals surface area contributed by atoms with Crippen molar-refractivity contribution in [3.05, 3.63) is 27.8 Å². The van der Waals surface area contributed by atoms with E-state index in [0.29, 0.717) is 0 Å². The van der Waals surface area contributed by atoms with Gasteiger partial charge in [0.2, 0.25) is 0 Å². The minimum atomic E-state index is 0. The van der Waals surface area contributed by atoms with Crippen LogP contribution in [0.5, 0.6) is 0 Å². The Morgan fingerprint density at radius 3 is 1.42 bits per heavy atom. The summed E-state index contributed by atoms with van der Waals surface area (Å²) in [6.45, 7) is 11.1. The first-order valence-corrected chi connectivity index (χ1v) is 4.31. The second-order valence-corrected chi connectivity index (χ2v) is 3.33. The fourth-order valence-corrected chi connectivity index (χ4v) is 1.83. The summed E-state index contributed by atoms with van der Waals surface area (Å²) in [5.41, 5.74) is 7.53. The van der Waals surface area contributed by atoms with Gasteiger partial charge in [0.05, 0.1) is 0 Å². The standard InChI is InChI=1S/C11H17.Li/c1-6-11-9(4)7(2)8(3)10(11)5;/h6H2,1-5H3;/q-1;+1. The molecule has 0 unspecified atom stereocenters. The molecule has 0 fully saturated rings. The Balaban J connectivity index is 0.00000121. The molecule has 0 radical (unpaired) electrons. The van der Waals surface area contributed by atoms with Gasteiger partial charge < -0.3 is 0 Å². The minimum absolute atomic E-state index is 0. The maximum atomic E-state index is 2.23. The molecule has 1 heteroatoms. The average molecular weight is 156 g/mol. The van der Waals surface area contributed by atoms with Gasteiger partial charge in [-0.05, 0) is 0 Å². The molecule has 0 saturated heterocycles. The van der Waals surface area contributed by atoms with Crippen LogP contribution in [-0.4, -0.2) is 0 Å². The fourth-order valence-electron chi connectivity index (χ4n) is 1.83. The van der Waals surface area contributed by atoms with Crippen LogP contribution in [0.1, 0.15) is 34.7 Å². The molecule has 1 aromatic rings. The van der Waals surface area contributed by atoms with Gasteiger partial charge in [-0.15, -0.1) is 0 Å². The van der Waals surface area contributed by atoms with Crippen molar-refractivity contribution in [1.82, 2.24) is 0 Å². The first-order chi connectivity index (χ1) is 5.09. The summed E-state index contributed by atoms with van der Waals surface area (Å²) in [5, 5.41) is 0. The molecular formula is C11H17Li. The van der Waals surface area contributed by atoms with Crippen LogP contribution in [-0.2, 0) is 6.42 Å². The van der Waals surface area contributed by atoms with Crippen LogP contribution in [0, 0.1) is 27.7 Å². The average Bonchev–Trinajstić information content (AvgIpc) is 2.17. The third-order valence-corrected chi connectivity index (χ3v) is 2.95. The van der Waals surface area contributed by atoms with Crippen LogP contribution in [0.4, 0.5) is 0 Å². The van der Waals surface area contributed by atoms with Crippen molar-refractivity contribution in [2.75, 3.05) is 0 Å². The Kier molecular flexibility index (Phi) is 4.24. The summed E-state index contributed by atoms with van der Waals surface area (Å²) in [7, 11) is 0. The third kappa shape index (κ3) is 1.65. The Hall–Kier alpha value is -0.0526. The molecule has 0 N–H and O–H groups in total. The zero-order valence-electron chi connectivity index (χ0n) is 9.21. The van der Waals surface area contributed by atoms with Crippen LogP contribution >= 0.6 is 0 Å². The van der Waals surface area contributed by atoms with Crippen molar-refractivity contribution in [2.24, 2.45) is 0 Å². The SMILES string of the molecule is CC[c-]1c(C)c(C)c(C)c1C.[Li+]. The van der Waals surface area contributed by atoms with Gasteiger partial charge in [0.15, 0.2) is 0 Å². The van der Waals surface area contributed by atoms with Gasteiger partial charge in [-0.1, -0.05) is 41.0 Å². The second kappa shape index (κ2) is 4.26. The zero-order chi connectivity index (χ0) is 8.59. The van der Waals surface area contributed by atoms with Gasteiger partial charge in [-0.2, -0.15) is 27.8 Å². The molecule has 0 bridgehead atoms. The van der Waals surface area contributed by atoms with E-state index in [4.69, 9.17) is 0 Å². The smallest absolute Gasteiger partial charge is 0.196 e. The molecule has 0 amide bonds. The number of hydrogen-bond donors (Lipinski definition) is 0. The predicted molar refractivity (Wildman–Crippen MR) is 50.4 cm³/mol. The van der Waals surface area contributed by atoms with Crippen molar-refractivity contribution in [3.63, 3.8) is 0 Å². The van der Waals surface area contributed by atoms with E-state index in [9.17, 15) is 0 Å². The molecule has 0 aliphatic rings. The number of hydrogen-bond acceptors (Lipinski definition) is 0. The van der Waals surface area contributed by atoms with Crippen LogP contribution in [0.2, 0.25) is 0 Å². The van der Waals surface area contributed by atoms with Crippen LogP contribution in [0.25, 0.3) is 0 Å². The zero-order valence-corrected chi connectivity index (χ0v) is 9.21. The van der Waals surface area contributed by atoms with E-state index < -0.39 is 0 Å². The van der Waals surface area contributed by atoms with E-state index in [1.807, 2.05) is 0 Å². The molecule has 1 aromatic carbocycles. The first-order valence-electron chi connectivity index (χ1n) is 4.31. The Bertz CT molecular complexity index is 244. The van der Waals surface area contributed by atoms with Crippen LogP contribution in [0.15, 0.2) is 0 Å². The van der Waals surface area contributed by atoms with Gasteiger partial charge in [0.25, 0.3) is 0 Å². The first kappa shape index (κ1) is 11.9. The molecule has 0 spiro atoms. The van der Waals surface area contributed by atoms with Crippen molar-refractivity contribution in [1.29, 1.82) is 0 Å². The quantitative estimate of drug-likeness (QED) is 0.402. The maximum Gasteiger partial charge on any atom is 1.00 e. The molecule has 0 aliphatic heterocycles. The molecular weight excluding hydrogens is 139 g/mol. The third-order valence-electron chi connectivity index (χ3n) is 2.95. The molecule has 12 heavy (non-hydrogen) atoms. The molecule has 62 valence electrons. The molecule has 0 aromatic heterocycles. The minimum Gasteiger partial charge on any atom is -0.196 e. The van der Waals surface area contributed by atoms with E-state index in [-0.39, 0.29) is 18.9 Å². The van der Waals surface area contributed by atoms with Crippen molar-refractivity contribution >= 4 is 0 Å². The van der Waals surface area contributed by atoms with Crippen molar-refractivity contribution in [2.45, 2.75) is 41.0 Å². The van der Waals surface area contributed by atoms with E-state index in [0.717, 1.165) is 0 Å². The maximum absolute atomic E-state index is 2.23. The monoisotopic (exact) mass is 156 g/mol. The fraction of sp³-hybridized carbons (Fsp3) is 0.545. The molecule has 0 atom stereocenters.